The van der Waals surface area contributed by atoms with E-state index in [-0.39, 0.29) is 11.5 Å². The summed E-state index contributed by atoms with van der Waals surface area (Å²) in [5.74, 6) is -0.428. The van der Waals surface area contributed by atoms with Crippen molar-refractivity contribution in [2.45, 2.75) is 33.6 Å². The van der Waals surface area contributed by atoms with Gasteiger partial charge < -0.3 is 4.90 Å². The van der Waals surface area contributed by atoms with E-state index in [1.807, 2.05) is 0 Å². The number of nitrogens with zero attached hydrogens (tertiary/aromatic N) is 1. The lowest BCUT2D eigenvalue weighted by atomic mass is 10.2. The molecule has 0 aliphatic carbocycles. The first-order chi connectivity index (χ1) is 9.82. The number of sulfone groups is 1. The summed E-state index contributed by atoms with van der Waals surface area (Å²) in [5.41, 5.74) is 0.352. The van der Waals surface area contributed by atoms with E-state index in [9.17, 15) is 12.8 Å². The first-order valence-corrected chi connectivity index (χ1v) is 9.19. The molecular weight excluding hydrogens is 289 g/mol. The van der Waals surface area contributed by atoms with Crippen LogP contribution in [-0.2, 0) is 9.84 Å². The normalized spacial score (nSPS) is 18.0. The van der Waals surface area contributed by atoms with Crippen molar-refractivity contribution >= 4 is 9.84 Å². The Kier molecular flexibility index (Phi) is 10.3. The SMILES string of the molecule is CN1CCCC1.C\C=C/C=C(F)\C(C)=C\CS(=O)(=O)CC. The van der Waals surface area contributed by atoms with Gasteiger partial charge in [0.25, 0.3) is 0 Å². The van der Waals surface area contributed by atoms with Gasteiger partial charge in [0, 0.05) is 5.75 Å². The molecular formula is C16H28FNO2S. The van der Waals surface area contributed by atoms with E-state index in [0.717, 1.165) is 0 Å². The lowest BCUT2D eigenvalue weighted by Gasteiger charge is -2.01. The third-order valence-corrected chi connectivity index (χ3v) is 4.78. The molecule has 0 N–H and O–H groups in total. The molecule has 122 valence electrons. The van der Waals surface area contributed by atoms with E-state index in [4.69, 9.17) is 0 Å². The monoisotopic (exact) mass is 317 g/mol. The van der Waals surface area contributed by atoms with E-state index in [1.165, 1.54) is 38.1 Å². The Labute approximate surface area is 129 Å². The van der Waals surface area contributed by atoms with Crippen LogP contribution in [0.25, 0.3) is 0 Å². The molecule has 1 rings (SSSR count). The van der Waals surface area contributed by atoms with Crippen LogP contribution in [0.15, 0.2) is 35.7 Å². The highest BCUT2D eigenvalue weighted by Gasteiger charge is 2.05. The van der Waals surface area contributed by atoms with E-state index in [1.54, 1.807) is 32.9 Å². The lowest BCUT2D eigenvalue weighted by molar-refractivity contribution is 0.418. The minimum Gasteiger partial charge on any atom is -0.306 e. The average molecular weight is 317 g/mol. The highest BCUT2D eigenvalue weighted by Crippen LogP contribution is 2.11. The van der Waals surface area contributed by atoms with Gasteiger partial charge in [-0.3, -0.25) is 0 Å². The molecule has 1 fully saturated rings. The predicted octanol–water partition coefficient (Wildman–Crippen LogP) is 3.51. The van der Waals surface area contributed by atoms with Gasteiger partial charge >= 0.3 is 0 Å². The van der Waals surface area contributed by atoms with Crippen molar-refractivity contribution in [2.24, 2.45) is 0 Å². The second-order valence-corrected chi connectivity index (χ2v) is 7.53. The first kappa shape index (κ1) is 20.1. The fraction of sp³-hybridized carbons (Fsp3) is 0.625. The third kappa shape index (κ3) is 10.4. The molecule has 21 heavy (non-hydrogen) atoms. The van der Waals surface area contributed by atoms with Gasteiger partial charge in [0.1, 0.15) is 5.83 Å². The minimum absolute atomic E-state index is 0.0803. The Hall–Kier alpha value is -0.940. The van der Waals surface area contributed by atoms with Crippen molar-refractivity contribution in [1.29, 1.82) is 0 Å². The van der Waals surface area contributed by atoms with Gasteiger partial charge in [0.2, 0.25) is 0 Å². The van der Waals surface area contributed by atoms with Crippen LogP contribution in [0.3, 0.4) is 0 Å². The molecule has 0 saturated carbocycles. The summed E-state index contributed by atoms with van der Waals surface area (Å²) in [4.78, 5) is 2.36. The van der Waals surface area contributed by atoms with Crippen LogP contribution in [0.1, 0.15) is 33.6 Å². The van der Waals surface area contributed by atoms with Crippen LogP contribution in [0.5, 0.6) is 0 Å². The highest BCUT2D eigenvalue weighted by molar-refractivity contribution is 7.91. The summed E-state index contributed by atoms with van der Waals surface area (Å²) in [6.45, 7) is 7.55. The van der Waals surface area contributed by atoms with Crippen molar-refractivity contribution in [3.63, 3.8) is 0 Å². The number of halogens is 1. The molecule has 0 bridgehead atoms. The molecule has 1 aliphatic heterocycles. The van der Waals surface area contributed by atoms with E-state index in [2.05, 4.69) is 11.9 Å². The molecule has 0 aromatic heterocycles. The topological polar surface area (TPSA) is 37.4 Å². The van der Waals surface area contributed by atoms with Crippen molar-refractivity contribution in [3.8, 4) is 0 Å². The number of likely N-dealkylation sites (tertiary alicyclic amines) is 1. The summed E-state index contributed by atoms with van der Waals surface area (Å²) in [5, 5.41) is 0. The number of allylic oxidation sites excluding steroid dienone is 5. The molecule has 1 heterocycles. The predicted molar refractivity (Wildman–Crippen MR) is 88.8 cm³/mol. The van der Waals surface area contributed by atoms with E-state index < -0.39 is 15.7 Å². The maximum Gasteiger partial charge on any atom is 0.153 e. The second-order valence-electron chi connectivity index (χ2n) is 5.14. The van der Waals surface area contributed by atoms with Crippen LogP contribution in [0, 0.1) is 0 Å². The summed E-state index contributed by atoms with van der Waals surface area (Å²) >= 11 is 0. The smallest absolute Gasteiger partial charge is 0.153 e. The van der Waals surface area contributed by atoms with Crippen LogP contribution >= 0.6 is 0 Å². The molecule has 1 saturated heterocycles. The molecule has 1 aliphatic rings. The zero-order valence-electron chi connectivity index (χ0n) is 13.6. The van der Waals surface area contributed by atoms with E-state index in [0.29, 0.717) is 5.57 Å². The summed E-state index contributed by atoms with van der Waals surface area (Å²) in [6, 6.07) is 0. The zero-order valence-corrected chi connectivity index (χ0v) is 14.4. The third-order valence-electron chi connectivity index (χ3n) is 3.22. The summed E-state index contributed by atoms with van der Waals surface area (Å²) < 4.78 is 35.5. The number of hydrogen-bond acceptors (Lipinski definition) is 3. The Morgan fingerprint density at radius 3 is 2.24 bits per heavy atom. The highest BCUT2D eigenvalue weighted by atomic mass is 32.2. The Morgan fingerprint density at radius 1 is 1.29 bits per heavy atom. The molecule has 5 heteroatoms. The van der Waals surface area contributed by atoms with Crippen molar-refractivity contribution in [1.82, 2.24) is 4.90 Å². The van der Waals surface area contributed by atoms with Crippen LogP contribution < -0.4 is 0 Å². The maximum atomic E-state index is 13.2. The Morgan fingerprint density at radius 2 is 1.86 bits per heavy atom. The van der Waals surface area contributed by atoms with Crippen LogP contribution in [0.2, 0.25) is 0 Å². The second kappa shape index (κ2) is 10.7. The first-order valence-electron chi connectivity index (χ1n) is 7.37. The van der Waals surface area contributed by atoms with Crippen LogP contribution in [0.4, 0.5) is 4.39 Å². The van der Waals surface area contributed by atoms with Crippen molar-refractivity contribution in [3.05, 3.63) is 35.7 Å². The summed E-state index contributed by atoms with van der Waals surface area (Å²) in [6.07, 6.45) is 8.81. The van der Waals surface area contributed by atoms with Gasteiger partial charge in [-0.2, -0.15) is 0 Å². The summed E-state index contributed by atoms with van der Waals surface area (Å²) in [7, 11) is -0.883. The quantitative estimate of drug-likeness (QED) is 0.728. The van der Waals surface area contributed by atoms with Gasteiger partial charge in [-0.1, -0.05) is 25.2 Å². The average Bonchev–Trinajstić information content (AvgIpc) is 2.94. The fourth-order valence-electron chi connectivity index (χ4n) is 1.65. The maximum absolute atomic E-state index is 13.2. The number of hydrogen-bond donors (Lipinski definition) is 0. The standard InChI is InChI=1S/C11H17FO2S.C5H11N/c1-4-6-7-11(12)10(3)8-9-15(13,14)5-2;1-6-4-2-3-5-6/h4,6-8H,5,9H2,1-3H3;2-5H2,1H3/b6-4-,10-8+,11-7+;. The van der Waals surface area contributed by atoms with Gasteiger partial charge in [-0.25, -0.2) is 12.8 Å². The molecule has 0 radical (unpaired) electrons. The minimum atomic E-state index is -3.06. The molecule has 0 atom stereocenters. The largest absolute Gasteiger partial charge is 0.306 e. The fourth-order valence-corrected chi connectivity index (χ4v) is 2.39. The molecule has 0 aromatic rings. The van der Waals surface area contributed by atoms with Crippen molar-refractivity contribution in [2.75, 3.05) is 31.6 Å². The molecule has 0 aromatic carbocycles. The van der Waals surface area contributed by atoms with Crippen LogP contribution in [-0.4, -0.2) is 45.0 Å². The molecule has 3 nitrogen and oxygen atoms in total. The molecule has 0 amide bonds. The Balaban J connectivity index is 0.000000547. The van der Waals surface area contributed by atoms with Gasteiger partial charge in [0.05, 0.1) is 5.75 Å². The van der Waals surface area contributed by atoms with Gasteiger partial charge in [-0.15, -0.1) is 0 Å². The Bertz CT molecular complexity index is 473. The molecule has 0 unspecified atom stereocenters. The lowest BCUT2D eigenvalue weighted by Crippen LogP contribution is -2.10. The van der Waals surface area contributed by atoms with Gasteiger partial charge in [0.15, 0.2) is 9.84 Å². The molecule has 0 spiro atoms. The van der Waals surface area contributed by atoms with E-state index >= 15 is 0 Å². The van der Waals surface area contributed by atoms with Crippen molar-refractivity contribution < 1.29 is 12.8 Å². The van der Waals surface area contributed by atoms with Gasteiger partial charge in [-0.05, 0) is 58.5 Å². The number of rotatable bonds is 5. The zero-order chi connectivity index (χ0) is 16.3.